The zero-order chi connectivity index (χ0) is 26.8. The lowest BCUT2D eigenvalue weighted by Gasteiger charge is -2.41. The molecular formula is C28H39N7O3S. The second-order valence-electron chi connectivity index (χ2n) is 11.1. The maximum absolute atomic E-state index is 11.8. The molecule has 0 bridgehead atoms. The number of carbonyl (C=O) groups excluding carboxylic acids is 1. The summed E-state index contributed by atoms with van der Waals surface area (Å²) in [6.07, 6.45) is 11.1. The van der Waals surface area contributed by atoms with Crippen molar-refractivity contribution >= 4 is 33.5 Å². The first-order valence-electron chi connectivity index (χ1n) is 14.3. The van der Waals surface area contributed by atoms with Gasteiger partial charge in [-0.2, -0.15) is 5.10 Å². The number of nitrogens with zero attached hydrogens (tertiary/aromatic N) is 6. The van der Waals surface area contributed by atoms with Gasteiger partial charge in [0.05, 0.1) is 24.7 Å². The van der Waals surface area contributed by atoms with E-state index < -0.39 is 0 Å². The van der Waals surface area contributed by atoms with E-state index in [0.717, 1.165) is 105 Å². The van der Waals surface area contributed by atoms with Gasteiger partial charge in [0, 0.05) is 64.1 Å². The van der Waals surface area contributed by atoms with Crippen LogP contribution < -0.4 is 5.32 Å². The van der Waals surface area contributed by atoms with Crippen LogP contribution in [-0.4, -0.2) is 94.2 Å². The molecule has 3 aromatic rings. The minimum atomic E-state index is -0.213. The number of nitrogens with one attached hydrogen (secondary N) is 1. The van der Waals surface area contributed by atoms with Gasteiger partial charge < -0.3 is 19.7 Å². The Kier molecular flexibility index (Phi) is 7.99. The van der Waals surface area contributed by atoms with Crippen molar-refractivity contribution in [1.29, 1.82) is 0 Å². The van der Waals surface area contributed by atoms with E-state index in [1.807, 2.05) is 6.20 Å². The molecule has 1 aliphatic carbocycles. The third-order valence-corrected chi connectivity index (χ3v) is 9.54. The van der Waals surface area contributed by atoms with Crippen LogP contribution in [0.3, 0.4) is 0 Å². The fourth-order valence-corrected chi connectivity index (χ4v) is 7.23. The number of anilines is 1. The van der Waals surface area contributed by atoms with Crippen molar-refractivity contribution < 1.29 is 14.3 Å². The van der Waals surface area contributed by atoms with E-state index >= 15 is 0 Å². The molecule has 3 aromatic heterocycles. The molecule has 0 unspecified atom stereocenters. The number of hydrogen-bond acceptors (Lipinski definition) is 9. The van der Waals surface area contributed by atoms with Crippen LogP contribution in [0.5, 0.6) is 0 Å². The van der Waals surface area contributed by atoms with Crippen LogP contribution in [0.25, 0.3) is 10.2 Å². The Balaban J connectivity index is 1.09. The molecule has 1 amide bonds. The zero-order valence-corrected chi connectivity index (χ0v) is 23.8. The summed E-state index contributed by atoms with van der Waals surface area (Å²) < 4.78 is 12.5. The molecule has 0 radical (unpaired) electrons. The van der Waals surface area contributed by atoms with Crippen LogP contribution in [0.1, 0.15) is 61.5 Å². The summed E-state index contributed by atoms with van der Waals surface area (Å²) in [6, 6.07) is 1.40. The van der Waals surface area contributed by atoms with Gasteiger partial charge >= 0.3 is 6.09 Å². The molecule has 3 aliphatic rings. The molecule has 1 N–H and O–H groups in total. The Labute approximate surface area is 233 Å². The number of piperazine rings is 1. The first-order valence-corrected chi connectivity index (χ1v) is 15.1. The summed E-state index contributed by atoms with van der Waals surface area (Å²) in [5.74, 6) is 1.82. The number of aryl methyl sites for hydroxylation is 1. The van der Waals surface area contributed by atoms with Gasteiger partial charge in [-0.25, -0.2) is 14.8 Å². The van der Waals surface area contributed by atoms with Gasteiger partial charge in [0.15, 0.2) is 0 Å². The molecule has 39 heavy (non-hydrogen) atoms. The van der Waals surface area contributed by atoms with Crippen molar-refractivity contribution in [3.63, 3.8) is 0 Å². The zero-order valence-electron chi connectivity index (χ0n) is 23.0. The van der Waals surface area contributed by atoms with Crippen molar-refractivity contribution in [3.8, 4) is 0 Å². The van der Waals surface area contributed by atoms with E-state index in [-0.39, 0.29) is 6.09 Å². The number of carbonyl (C=O) groups is 1. The Morgan fingerprint density at radius 1 is 1.08 bits per heavy atom. The summed E-state index contributed by atoms with van der Waals surface area (Å²) in [5, 5.41) is 11.8. The van der Waals surface area contributed by atoms with Crippen molar-refractivity contribution in [2.45, 2.75) is 70.0 Å². The summed E-state index contributed by atoms with van der Waals surface area (Å²) in [5.41, 5.74) is 2.38. The Bertz CT molecular complexity index is 1270. The molecule has 11 heteroatoms. The molecule has 0 aromatic carbocycles. The van der Waals surface area contributed by atoms with Gasteiger partial charge in [-0.05, 0) is 62.0 Å². The minimum Gasteiger partial charge on any atom is -0.453 e. The van der Waals surface area contributed by atoms with E-state index in [4.69, 9.17) is 19.4 Å². The number of hydrogen-bond donors (Lipinski definition) is 1. The van der Waals surface area contributed by atoms with Crippen LogP contribution in [0.2, 0.25) is 0 Å². The standard InChI is InChI=1S/C28H39N7O3S/c1-19-18-39-27-25(19)26(31-24(32-27)15-20-16-29-35(17-20)23-7-13-38-14-8-23)30-21-3-5-22(6-4-21)33-9-11-34(12-10-33)28(36)37-2/h16-18,21-23H,3-15H2,1-2H3,(H,30,31,32). The van der Waals surface area contributed by atoms with Gasteiger partial charge in [0.1, 0.15) is 16.5 Å². The Morgan fingerprint density at radius 3 is 2.59 bits per heavy atom. The smallest absolute Gasteiger partial charge is 0.409 e. The SMILES string of the molecule is COC(=O)N1CCN(C2CCC(Nc3nc(Cc4cnn(C5CCOCC5)c4)nc4scc(C)c34)CC2)CC1. The summed E-state index contributed by atoms with van der Waals surface area (Å²) in [6.45, 7) is 7.10. The van der Waals surface area contributed by atoms with Crippen molar-refractivity contribution in [2.24, 2.45) is 0 Å². The van der Waals surface area contributed by atoms with Crippen LogP contribution in [0.15, 0.2) is 17.8 Å². The molecule has 2 aliphatic heterocycles. The highest BCUT2D eigenvalue weighted by molar-refractivity contribution is 7.17. The van der Waals surface area contributed by atoms with Crippen LogP contribution in [0, 0.1) is 6.92 Å². The van der Waals surface area contributed by atoms with Crippen molar-refractivity contribution in [3.05, 3.63) is 34.7 Å². The number of fused-ring (bicyclic) bond motifs is 1. The molecule has 210 valence electrons. The summed E-state index contributed by atoms with van der Waals surface area (Å²) >= 11 is 1.70. The molecule has 6 rings (SSSR count). The Hall–Kier alpha value is -2.76. The van der Waals surface area contributed by atoms with Crippen LogP contribution in [-0.2, 0) is 15.9 Å². The average molecular weight is 554 g/mol. The molecule has 0 atom stereocenters. The topological polar surface area (TPSA) is 97.6 Å². The number of thiophene rings is 1. The third kappa shape index (κ3) is 5.90. The highest BCUT2D eigenvalue weighted by Gasteiger charge is 2.30. The van der Waals surface area contributed by atoms with Gasteiger partial charge in [-0.1, -0.05) is 0 Å². The minimum absolute atomic E-state index is 0.213. The average Bonchev–Trinajstić information content (AvgIpc) is 3.60. The van der Waals surface area contributed by atoms with E-state index in [1.54, 1.807) is 16.2 Å². The fraction of sp³-hybridized carbons (Fsp3) is 0.643. The summed E-state index contributed by atoms with van der Waals surface area (Å²) in [7, 11) is 1.46. The summed E-state index contributed by atoms with van der Waals surface area (Å²) in [4.78, 5) is 27.2. The van der Waals surface area contributed by atoms with Gasteiger partial charge in [0.25, 0.3) is 0 Å². The number of aromatic nitrogens is 4. The number of rotatable bonds is 6. The maximum Gasteiger partial charge on any atom is 0.409 e. The van der Waals surface area contributed by atoms with Crippen LogP contribution in [0.4, 0.5) is 10.6 Å². The number of amides is 1. The predicted octanol–water partition coefficient (Wildman–Crippen LogP) is 4.25. The first kappa shape index (κ1) is 26.5. The third-order valence-electron chi connectivity index (χ3n) is 8.55. The first-order chi connectivity index (χ1) is 19.1. The van der Waals surface area contributed by atoms with E-state index in [1.165, 1.54) is 12.7 Å². The molecule has 1 saturated carbocycles. The highest BCUT2D eigenvalue weighted by atomic mass is 32.1. The van der Waals surface area contributed by atoms with Crippen LogP contribution >= 0.6 is 11.3 Å². The largest absolute Gasteiger partial charge is 0.453 e. The highest BCUT2D eigenvalue weighted by Crippen LogP contribution is 2.33. The second-order valence-corrected chi connectivity index (χ2v) is 11.9. The molecule has 2 saturated heterocycles. The molecular weight excluding hydrogens is 514 g/mol. The van der Waals surface area contributed by atoms with E-state index in [9.17, 15) is 4.79 Å². The van der Waals surface area contributed by atoms with Crippen molar-refractivity contribution in [2.75, 3.05) is 51.8 Å². The number of ether oxygens (including phenoxy) is 2. The van der Waals surface area contributed by atoms with Gasteiger partial charge in [0.2, 0.25) is 0 Å². The quantitative estimate of drug-likeness (QED) is 0.484. The van der Waals surface area contributed by atoms with Gasteiger partial charge in [-0.3, -0.25) is 9.58 Å². The fourth-order valence-electron chi connectivity index (χ4n) is 6.29. The second kappa shape index (κ2) is 11.8. The molecule has 3 fully saturated rings. The number of methoxy groups -OCH3 is 1. The molecule has 5 heterocycles. The van der Waals surface area contributed by atoms with Gasteiger partial charge in [-0.15, -0.1) is 11.3 Å². The molecule has 0 spiro atoms. The predicted molar refractivity (Wildman–Crippen MR) is 151 cm³/mol. The maximum atomic E-state index is 11.8. The van der Waals surface area contributed by atoms with E-state index in [0.29, 0.717) is 24.5 Å². The lowest BCUT2D eigenvalue weighted by Crippen LogP contribution is -2.53. The normalized spacial score (nSPS) is 23.3. The lowest BCUT2D eigenvalue weighted by molar-refractivity contribution is 0.0642. The van der Waals surface area contributed by atoms with E-state index in [2.05, 4.69) is 38.5 Å². The van der Waals surface area contributed by atoms with Crippen molar-refractivity contribution in [1.82, 2.24) is 29.5 Å². The molecule has 10 nitrogen and oxygen atoms in total. The monoisotopic (exact) mass is 553 g/mol. The Morgan fingerprint density at radius 2 is 1.85 bits per heavy atom. The lowest BCUT2D eigenvalue weighted by atomic mass is 9.89.